The molecule has 5 heteroatoms. The quantitative estimate of drug-likeness (QED) is 0.796. The molecule has 0 atom stereocenters. The van der Waals surface area contributed by atoms with Crippen LogP contribution in [0.5, 0.6) is 5.75 Å². The molecule has 2 aromatic rings. The van der Waals surface area contributed by atoms with E-state index in [1.807, 2.05) is 0 Å². The number of ether oxygens (including phenoxy) is 1. The summed E-state index contributed by atoms with van der Waals surface area (Å²) in [7, 11) is 1.28. The smallest absolute Gasteiger partial charge is 0.199 e. The fourth-order valence-corrected chi connectivity index (χ4v) is 1.72. The minimum atomic E-state index is -0.904. The Kier molecular flexibility index (Phi) is 3.55. The Morgan fingerprint density at radius 2 is 1.68 bits per heavy atom. The fraction of sp³-hybridized carbons (Fsp3) is 0.0714. The molecule has 0 amide bonds. The molecule has 0 aliphatic heterocycles. The topological polar surface area (TPSA) is 26.3 Å². The Bertz CT molecular complexity index is 618. The lowest BCUT2D eigenvalue weighted by atomic mass is 10.0. The molecule has 0 aliphatic rings. The van der Waals surface area contributed by atoms with E-state index in [1.54, 1.807) is 0 Å². The lowest BCUT2D eigenvalue weighted by Gasteiger charge is -2.08. The molecular formula is C14H9F3O2. The highest BCUT2D eigenvalue weighted by Gasteiger charge is 2.20. The van der Waals surface area contributed by atoms with Crippen molar-refractivity contribution >= 4 is 5.78 Å². The van der Waals surface area contributed by atoms with Crippen molar-refractivity contribution in [2.45, 2.75) is 0 Å². The van der Waals surface area contributed by atoms with Gasteiger partial charge in [-0.3, -0.25) is 4.79 Å². The summed E-state index contributed by atoms with van der Waals surface area (Å²) in [4.78, 5) is 12.1. The molecule has 0 spiro atoms. The van der Waals surface area contributed by atoms with Crippen LogP contribution in [0.4, 0.5) is 13.2 Å². The molecule has 0 bridgehead atoms. The average Bonchev–Trinajstić information content (AvgIpc) is 2.36. The van der Waals surface area contributed by atoms with Gasteiger partial charge in [0.05, 0.1) is 7.11 Å². The standard InChI is InChI=1S/C14H9F3O2/c1-19-12-4-2-3-11(17)13(12)14(18)8-5-9(15)7-10(16)6-8/h2-7H,1H3. The predicted molar refractivity (Wildman–Crippen MR) is 62.7 cm³/mol. The summed E-state index contributed by atoms with van der Waals surface area (Å²) < 4.78 is 44.7. The van der Waals surface area contributed by atoms with Gasteiger partial charge in [0.15, 0.2) is 5.78 Å². The van der Waals surface area contributed by atoms with Gasteiger partial charge >= 0.3 is 0 Å². The Morgan fingerprint density at radius 1 is 1.05 bits per heavy atom. The van der Waals surface area contributed by atoms with E-state index in [4.69, 9.17) is 4.74 Å². The van der Waals surface area contributed by atoms with E-state index in [1.165, 1.54) is 19.2 Å². The maximum Gasteiger partial charge on any atom is 0.199 e. The van der Waals surface area contributed by atoms with E-state index in [2.05, 4.69) is 0 Å². The van der Waals surface area contributed by atoms with Crippen LogP contribution in [0.1, 0.15) is 15.9 Å². The Morgan fingerprint density at radius 3 is 2.26 bits per heavy atom. The van der Waals surface area contributed by atoms with Gasteiger partial charge in [-0.25, -0.2) is 13.2 Å². The normalized spacial score (nSPS) is 10.3. The Hall–Kier alpha value is -2.30. The lowest BCUT2D eigenvalue weighted by molar-refractivity contribution is 0.103. The third kappa shape index (κ3) is 2.59. The molecule has 0 radical (unpaired) electrons. The minimum absolute atomic E-state index is 0.00895. The second kappa shape index (κ2) is 5.14. The second-order valence-electron chi connectivity index (χ2n) is 3.80. The van der Waals surface area contributed by atoms with Gasteiger partial charge in [-0.15, -0.1) is 0 Å². The molecule has 0 heterocycles. The molecule has 0 aromatic heterocycles. The molecule has 2 nitrogen and oxygen atoms in total. The number of methoxy groups -OCH3 is 1. The first-order valence-electron chi connectivity index (χ1n) is 5.36. The maximum absolute atomic E-state index is 13.7. The zero-order valence-electron chi connectivity index (χ0n) is 9.91. The van der Waals surface area contributed by atoms with Gasteiger partial charge in [0.1, 0.15) is 28.8 Å². The third-order valence-corrected chi connectivity index (χ3v) is 2.55. The number of hydrogen-bond acceptors (Lipinski definition) is 2. The molecule has 0 unspecified atom stereocenters. The number of ketones is 1. The van der Waals surface area contributed by atoms with Crippen LogP contribution < -0.4 is 4.74 Å². The molecule has 2 aromatic carbocycles. The van der Waals surface area contributed by atoms with Gasteiger partial charge in [-0.2, -0.15) is 0 Å². The highest BCUT2D eigenvalue weighted by atomic mass is 19.1. The van der Waals surface area contributed by atoms with Gasteiger partial charge in [0.2, 0.25) is 0 Å². The largest absolute Gasteiger partial charge is 0.496 e. The van der Waals surface area contributed by atoms with Crippen molar-refractivity contribution in [1.82, 2.24) is 0 Å². The zero-order chi connectivity index (χ0) is 14.0. The maximum atomic E-state index is 13.7. The summed E-state index contributed by atoms with van der Waals surface area (Å²) in [6, 6.07) is 6.17. The average molecular weight is 266 g/mol. The van der Waals surface area contributed by atoms with E-state index >= 15 is 0 Å². The van der Waals surface area contributed by atoms with Crippen molar-refractivity contribution in [2.75, 3.05) is 7.11 Å². The summed E-state index contributed by atoms with van der Waals surface area (Å²) in [5.41, 5.74) is -0.629. The van der Waals surface area contributed by atoms with Gasteiger partial charge in [0, 0.05) is 11.6 Å². The van der Waals surface area contributed by atoms with Crippen molar-refractivity contribution < 1.29 is 22.7 Å². The monoisotopic (exact) mass is 266 g/mol. The van der Waals surface area contributed by atoms with Gasteiger partial charge in [-0.1, -0.05) is 6.07 Å². The van der Waals surface area contributed by atoms with E-state index in [-0.39, 0.29) is 16.9 Å². The highest BCUT2D eigenvalue weighted by molar-refractivity contribution is 6.10. The number of halogens is 3. The highest BCUT2D eigenvalue weighted by Crippen LogP contribution is 2.24. The summed E-state index contributed by atoms with van der Waals surface area (Å²) in [6.45, 7) is 0. The molecule has 98 valence electrons. The van der Waals surface area contributed by atoms with Crippen LogP contribution >= 0.6 is 0 Å². The lowest BCUT2D eigenvalue weighted by Crippen LogP contribution is -2.07. The number of carbonyl (C=O) groups excluding carboxylic acids is 1. The summed E-state index contributed by atoms with van der Waals surface area (Å²) in [5, 5.41) is 0. The predicted octanol–water partition coefficient (Wildman–Crippen LogP) is 3.34. The summed E-state index contributed by atoms with van der Waals surface area (Å²) in [5.74, 6) is -3.45. The van der Waals surface area contributed by atoms with E-state index < -0.39 is 23.2 Å². The summed E-state index contributed by atoms with van der Waals surface area (Å²) in [6.07, 6.45) is 0. The van der Waals surface area contributed by atoms with Crippen LogP contribution in [0.3, 0.4) is 0 Å². The number of benzene rings is 2. The molecule has 0 aliphatic carbocycles. The van der Waals surface area contributed by atoms with Crippen molar-refractivity contribution in [3.05, 3.63) is 65.0 Å². The van der Waals surface area contributed by atoms with Crippen molar-refractivity contribution in [2.24, 2.45) is 0 Å². The molecule has 2 rings (SSSR count). The minimum Gasteiger partial charge on any atom is -0.496 e. The van der Waals surface area contributed by atoms with Crippen LogP contribution in [0.25, 0.3) is 0 Å². The molecule has 0 saturated heterocycles. The van der Waals surface area contributed by atoms with Crippen LogP contribution in [-0.4, -0.2) is 12.9 Å². The van der Waals surface area contributed by atoms with Crippen LogP contribution in [0.15, 0.2) is 36.4 Å². The SMILES string of the molecule is COc1cccc(F)c1C(=O)c1cc(F)cc(F)c1. The fourth-order valence-electron chi connectivity index (χ4n) is 1.72. The molecule has 0 saturated carbocycles. The van der Waals surface area contributed by atoms with Crippen molar-refractivity contribution in [3.8, 4) is 5.75 Å². The van der Waals surface area contributed by atoms with Crippen LogP contribution in [0, 0.1) is 17.5 Å². The summed E-state index contributed by atoms with van der Waals surface area (Å²) >= 11 is 0. The van der Waals surface area contributed by atoms with Crippen LogP contribution in [0.2, 0.25) is 0 Å². The van der Waals surface area contributed by atoms with Gasteiger partial charge in [0.25, 0.3) is 0 Å². The zero-order valence-corrected chi connectivity index (χ0v) is 9.91. The van der Waals surface area contributed by atoms with E-state index in [0.29, 0.717) is 6.07 Å². The van der Waals surface area contributed by atoms with Gasteiger partial charge in [-0.05, 0) is 24.3 Å². The van der Waals surface area contributed by atoms with Crippen LogP contribution in [-0.2, 0) is 0 Å². The van der Waals surface area contributed by atoms with Crippen molar-refractivity contribution in [3.63, 3.8) is 0 Å². The number of carbonyl (C=O) groups is 1. The number of hydrogen-bond donors (Lipinski definition) is 0. The first-order chi connectivity index (χ1) is 9.02. The van der Waals surface area contributed by atoms with E-state index in [0.717, 1.165) is 18.2 Å². The molecule has 19 heavy (non-hydrogen) atoms. The van der Waals surface area contributed by atoms with E-state index in [9.17, 15) is 18.0 Å². The van der Waals surface area contributed by atoms with Crippen molar-refractivity contribution in [1.29, 1.82) is 0 Å². The second-order valence-corrected chi connectivity index (χ2v) is 3.80. The third-order valence-electron chi connectivity index (χ3n) is 2.55. The first kappa shape index (κ1) is 13.1. The Labute approximate surface area is 107 Å². The Balaban J connectivity index is 2.56. The molecule has 0 fully saturated rings. The molecule has 0 N–H and O–H groups in total. The first-order valence-corrected chi connectivity index (χ1v) is 5.36. The number of rotatable bonds is 3. The van der Waals surface area contributed by atoms with Gasteiger partial charge < -0.3 is 4.74 Å². The molecular weight excluding hydrogens is 257 g/mol.